The van der Waals surface area contributed by atoms with Gasteiger partial charge in [-0.2, -0.15) is 0 Å². The standard InChI is InChI=1S/C12H9NO4/c14-11(15)9-6-7-10(12(16)17)13(9)8-4-2-1-3-5-8/h1-7H,(H,14,15)(H,16,17). The van der Waals surface area contributed by atoms with E-state index in [0.29, 0.717) is 5.69 Å². The predicted octanol–water partition coefficient (Wildman–Crippen LogP) is 1.87. The summed E-state index contributed by atoms with van der Waals surface area (Å²) in [6, 6.07) is 11.1. The zero-order valence-electron chi connectivity index (χ0n) is 8.70. The van der Waals surface area contributed by atoms with Crippen LogP contribution in [-0.4, -0.2) is 26.7 Å². The van der Waals surface area contributed by atoms with E-state index in [1.165, 1.54) is 16.7 Å². The van der Waals surface area contributed by atoms with Gasteiger partial charge in [0.15, 0.2) is 0 Å². The third kappa shape index (κ3) is 1.90. The first-order valence-electron chi connectivity index (χ1n) is 4.85. The van der Waals surface area contributed by atoms with Crippen molar-refractivity contribution in [1.29, 1.82) is 0 Å². The summed E-state index contributed by atoms with van der Waals surface area (Å²) in [4.78, 5) is 22.0. The Morgan fingerprint density at radius 1 is 0.824 bits per heavy atom. The van der Waals surface area contributed by atoms with Crippen molar-refractivity contribution in [2.75, 3.05) is 0 Å². The normalized spacial score (nSPS) is 10.1. The SMILES string of the molecule is O=C(O)c1ccc(C(=O)O)n1-c1ccccc1. The van der Waals surface area contributed by atoms with E-state index in [1.54, 1.807) is 30.3 Å². The first kappa shape index (κ1) is 10.9. The molecule has 0 fully saturated rings. The lowest BCUT2D eigenvalue weighted by molar-refractivity contribution is 0.0683. The van der Waals surface area contributed by atoms with Crippen LogP contribution < -0.4 is 0 Å². The van der Waals surface area contributed by atoms with Gasteiger partial charge in [-0.1, -0.05) is 18.2 Å². The van der Waals surface area contributed by atoms with Gasteiger partial charge in [0.2, 0.25) is 0 Å². The molecule has 0 saturated carbocycles. The maximum Gasteiger partial charge on any atom is 0.352 e. The zero-order valence-corrected chi connectivity index (χ0v) is 8.70. The minimum atomic E-state index is -1.17. The number of hydrogen-bond donors (Lipinski definition) is 2. The molecule has 1 heterocycles. The molecule has 2 rings (SSSR count). The second-order valence-corrected chi connectivity index (χ2v) is 3.39. The maximum atomic E-state index is 11.0. The molecule has 2 N–H and O–H groups in total. The van der Waals surface area contributed by atoms with Gasteiger partial charge in [-0.3, -0.25) is 4.57 Å². The number of carboxylic acid groups (broad SMARTS) is 2. The largest absolute Gasteiger partial charge is 0.477 e. The van der Waals surface area contributed by atoms with Gasteiger partial charge in [0.25, 0.3) is 0 Å². The Hall–Kier alpha value is -2.56. The lowest BCUT2D eigenvalue weighted by Gasteiger charge is -2.08. The van der Waals surface area contributed by atoms with Crippen LogP contribution in [0.5, 0.6) is 0 Å². The van der Waals surface area contributed by atoms with E-state index in [2.05, 4.69) is 0 Å². The molecular weight excluding hydrogens is 222 g/mol. The summed E-state index contributed by atoms with van der Waals surface area (Å²) < 4.78 is 1.20. The first-order chi connectivity index (χ1) is 8.11. The van der Waals surface area contributed by atoms with Crippen LogP contribution in [0.4, 0.5) is 0 Å². The fourth-order valence-electron chi connectivity index (χ4n) is 1.63. The Bertz CT molecular complexity index is 540. The average molecular weight is 231 g/mol. The molecular formula is C12H9NO4. The van der Waals surface area contributed by atoms with Crippen molar-refractivity contribution in [2.45, 2.75) is 0 Å². The highest BCUT2D eigenvalue weighted by atomic mass is 16.4. The number of hydrogen-bond acceptors (Lipinski definition) is 2. The molecule has 0 radical (unpaired) electrons. The van der Waals surface area contributed by atoms with E-state index in [0.717, 1.165) is 0 Å². The van der Waals surface area contributed by atoms with Crippen LogP contribution in [0.1, 0.15) is 21.0 Å². The van der Waals surface area contributed by atoms with Gasteiger partial charge in [-0.25, -0.2) is 9.59 Å². The number of aromatic nitrogens is 1. The molecule has 1 aromatic carbocycles. The van der Waals surface area contributed by atoms with Gasteiger partial charge >= 0.3 is 11.9 Å². The first-order valence-corrected chi connectivity index (χ1v) is 4.85. The number of aromatic carboxylic acids is 2. The summed E-state index contributed by atoms with van der Waals surface area (Å²) >= 11 is 0. The zero-order chi connectivity index (χ0) is 12.4. The van der Waals surface area contributed by atoms with Crippen LogP contribution in [0.2, 0.25) is 0 Å². The molecule has 0 amide bonds. The summed E-state index contributed by atoms with van der Waals surface area (Å²) in [6.45, 7) is 0. The summed E-state index contributed by atoms with van der Waals surface area (Å²) in [5.74, 6) is -2.33. The van der Waals surface area contributed by atoms with Crippen LogP contribution in [0.3, 0.4) is 0 Å². The molecule has 0 aliphatic carbocycles. The van der Waals surface area contributed by atoms with Crippen molar-refractivity contribution in [1.82, 2.24) is 4.57 Å². The maximum absolute atomic E-state index is 11.0. The molecule has 2 aromatic rings. The molecule has 0 aliphatic rings. The number of rotatable bonds is 3. The molecule has 86 valence electrons. The van der Waals surface area contributed by atoms with Crippen molar-refractivity contribution >= 4 is 11.9 Å². The van der Waals surface area contributed by atoms with Crippen molar-refractivity contribution < 1.29 is 19.8 Å². The van der Waals surface area contributed by atoms with Gasteiger partial charge in [-0.15, -0.1) is 0 Å². The van der Waals surface area contributed by atoms with Crippen molar-refractivity contribution in [2.24, 2.45) is 0 Å². The fraction of sp³-hybridized carbons (Fsp3) is 0. The van der Waals surface area contributed by atoms with Crippen LogP contribution >= 0.6 is 0 Å². The van der Waals surface area contributed by atoms with Crippen LogP contribution in [-0.2, 0) is 0 Å². The summed E-state index contributed by atoms with van der Waals surface area (Å²) in [7, 11) is 0. The summed E-state index contributed by atoms with van der Waals surface area (Å²) in [5, 5.41) is 18.0. The quantitative estimate of drug-likeness (QED) is 0.845. The van der Waals surface area contributed by atoms with Crippen molar-refractivity contribution in [3.8, 4) is 5.69 Å². The Balaban J connectivity index is 2.69. The third-order valence-electron chi connectivity index (χ3n) is 2.33. The van der Waals surface area contributed by atoms with Crippen molar-refractivity contribution in [3.05, 3.63) is 53.9 Å². The van der Waals surface area contributed by atoms with E-state index in [1.807, 2.05) is 0 Å². The highest BCUT2D eigenvalue weighted by molar-refractivity contribution is 5.93. The molecule has 1 aromatic heterocycles. The Kier molecular flexibility index (Phi) is 2.66. The summed E-state index contributed by atoms with van der Waals surface area (Å²) in [6.07, 6.45) is 0. The van der Waals surface area contributed by atoms with E-state index < -0.39 is 11.9 Å². The molecule has 0 atom stereocenters. The lowest BCUT2D eigenvalue weighted by atomic mass is 10.3. The minimum Gasteiger partial charge on any atom is -0.477 e. The predicted molar refractivity (Wildman–Crippen MR) is 59.7 cm³/mol. The van der Waals surface area contributed by atoms with Gasteiger partial charge in [0, 0.05) is 5.69 Å². The second kappa shape index (κ2) is 4.13. The van der Waals surface area contributed by atoms with Crippen LogP contribution in [0.25, 0.3) is 5.69 Å². The molecule has 5 heteroatoms. The van der Waals surface area contributed by atoms with E-state index in [9.17, 15) is 9.59 Å². The topological polar surface area (TPSA) is 79.5 Å². The van der Waals surface area contributed by atoms with Gasteiger partial charge in [0.05, 0.1) is 0 Å². The number of benzene rings is 1. The number of para-hydroxylation sites is 1. The molecule has 0 unspecified atom stereocenters. The monoisotopic (exact) mass is 231 g/mol. The van der Waals surface area contributed by atoms with Crippen LogP contribution in [0, 0.1) is 0 Å². The second-order valence-electron chi connectivity index (χ2n) is 3.39. The number of nitrogens with zero attached hydrogens (tertiary/aromatic N) is 1. The van der Waals surface area contributed by atoms with E-state index >= 15 is 0 Å². The van der Waals surface area contributed by atoms with E-state index in [4.69, 9.17) is 10.2 Å². The molecule has 0 spiro atoms. The molecule has 5 nitrogen and oxygen atoms in total. The number of carbonyl (C=O) groups is 2. The Labute approximate surface area is 96.5 Å². The third-order valence-corrected chi connectivity index (χ3v) is 2.33. The Morgan fingerprint density at radius 2 is 1.29 bits per heavy atom. The fourth-order valence-corrected chi connectivity index (χ4v) is 1.63. The van der Waals surface area contributed by atoms with Crippen LogP contribution in [0.15, 0.2) is 42.5 Å². The summed E-state index contributed by atoms with van der Waals surface area (Å²) in [5.41, 5.74) is 0.356. The van der Waals surface area contributed by atoms with E-state index in [-0.39, 0.29) is 11.4 Å². The average Bonchev–Trinajstić information content (AvgIpc) is 2.74. The lowest BCUT2D eigenvalue weighted by Crippen LogP contribution is -2.12. The number of carboxylic acids is 2. The minimum absolute atomic E-state index is 0.0754. The molecule has 17 heavy (non-hydrogen) atoms. The highest BCUT2D eigenvalue weighted by Gasteiger charge is 2.19. The Morgan fingerprint density at radius 3 is 1.71 bits per heavy atom. The van der Waals surface area contributed by atoms with Crippen molar-refractivity contribution in [3.63, 3.8) is 0 Å². The van der Waals surface area contributed by atoms with Gasteiger partial charge in [0.1, 0.15) is 11.4 Å². The molecule has 0 bridgehead atoms. The molecule has 0 aliphatic heterocycles. The highest BCUT2D eigenvalue weighted by Crippen LogP contribution is 2.17. The van der Waals surface area contributed by atoms with Gasteiger partial charge in [-0.05, 0) is 24.3 Å². The smallest absolute Gasteiger partial charge is 0.352 e. The van der Waals surface area contributed by atoms with Gasteiger partial charge < -0.3 is 10.2 Å². The molecule has 0 saturated heterocycles.